The number of hydrogen-bond acceptors (Lipinski definition) is 4. The van der Waals surface area contributed by atoms with Crippen LogP contribution in [0.3, 0.4) is 0 Å². The Morgan fingerprint density at radius 3 is 1.64 bits per heavy atom. The molecule has 2 rings (SSSR count). The Morgan fingerprint density at radius 2 is 1.28 bits per heavy atom. The first-order valence-electron chi connectivity index (χ1n) is 7.63. The van der Waals surface area contributed by atoms with E-state index in [-0.39, 0.29) is 31.3 Å². The smallest absolute Gasteiger partial charge is 0.395 e. The number of rotatable bonds is 4. The highest BCUT2D eigenvalue weighted by molar-refractivity contribution is 5.96. The van der Waals surface area contributed by atoms with E-state index in [0.29, 0.717) is 6.08 Å². The van der Waals surface area contributed by atoms with Crippen LogP contribution in [0.15, 0.2) is 11.6 Å². The van der Waals surface area contributed by atoms with Crippen LogP contribution in [0.1, 0.15) is 32.6 Å². The number of carbonyl (C=O) groups is 2. The van der Waals surface area contributed by atoms with E-state index in [1.807, 2.05) is 0 Å². The third-order valence-electron chi connectivity index (χ3n) is 4.45. The molecule has 0 spiro atoms. The first kappa shape index (κ1) is 19.6. The third-order valence-corrected chi connectivity index (χ3v) is 4.45. The Hall–Kier alpha value is -1.74. The van der Waals surface area contributed by atoms with E-state index >= 15 is 0 Å². The quantitative estimate of drug-likeness (QED) is 0.428. The van der Waals surface area contributed by atoms with E-state index in [9.17, 15) is 35.9 Å². The van der Waals surface area contributed by atoms with E-state index in [2.05, 4.69) is 4.74 Å². The van der Waals surface area contributed by atoms with Gasteiger partial charge in [0.25, 0.3) is 0 Å². The Balaban J connectivity index is 1.86. The predicted molar refractivity (Wildman–Crippen MR) is 71.1 cm³/mol. The molecule has 4 atom stereocenters. The zero-order chi connectivity index (χ0) is 19.0. The lowest BCUT2D eigenvalue weighted by atomic mass is 9.81. The summed E-state index contributed by atoms with van der Waals surface area (Å²) in [5, 5.41) is 0. The maximum atomic E-state index is 12.6. The predicted octanol–water partition coefficient (Wildman–Crippen LogP) is 3.70. The summed E-state index contributed by atoms with van der Waals surface area (Å²) < 4.78 is 84.6. The van der Waals surface area contributed by atoms with Gasteiger partial charge in [0.1, 0.15) is 12.2 Å². The van der Waals surface area contributed by atoms with Crippen LogP contribution in [-0.4, -0.2) is 36.5 Å². The van der Waals surface area contributed by atoms with Crippen molar-refractivity contribution < 1.29 is 45.4 Å². The molecule has 2 aliphatic rings. The van der Waals surface area contributed by atoms with Crippen LogP contribution in [0.25, 0.3) is 0 Å². The molecule has 0 bridgehead atoms. The standard InChI is InChI=1S/C15H16F6O4/c1-7(13(23)25-11-5-3-9(11)15(19,20)21)6-12(22)24-10-4-2-8(10)14(16,17)18/h6,8-11H,2-5H2,1H3/b7-6+. The summed E-state index contributed by atoms with van der Waals surface area (Å²) in [7, 11) is 0. The third kappa shape index (κ3) is 4.66. The molecule has 2 fully saturated rings. The van der Waals surface area contributed by atoms with Gasteiger partial charge in [-0.25, -0.2) is 9.59 Å². The summed E-state index contributed by atoms with van der Waals surface area (Å²) in [4.78, 5) is 23.3. The SMILES string of the molecule is C/C(=C\C(=O)OC1CCC1C(F)(F)F)C(=O)OC1CCC1C(F)(F)F. The van der Waals surface area contributed by atoms with Gasteiger partial charge in [0, 0.05) is 11.6 Å². The van der Waals surface area contributed by atoms with Crippen molar-refractivity contribution in [3.63, 3.8) is 0 Å². The number of ether oxygens (including phenoxy) is 2. The highest BCUT2D eigenvalue weighted by Gasteiger charge is 2.52. The van der Waals surface area contributed by atoms with Gasteiger partial charge < -0.3 is 9.47 Å². The van der Waals surface area contributed by atoms with Gasteiger partial charge in [0.2, 0.25) is 0 Å². The van der Waals surface area contributed by atoms with Crippen molar-refractivity contribution in [1.29, 1.82) is 0 Å². The van der Waals surface area contributed by atoms with Crippen molar-refractivity contribution in [2.75, 3.05) is 0 Å². The number of hydrogen-bond donors (Lipinski definition) is 0. The molecule has 0 aromatic carbocycles. The molecule has 0 aliphatic heterocycles. The summed E-state index contributed by atoms with van der Waals surface area (Å²) in [5.74, 6) is -5.76. The molecular formula is C15H16F6O4. The van der Waals surface area contributed by atoms with Gasteiger partial charge in [-0.2, -0.15) is 26.3 Å². The highest BCUT2D eigenvalue weighted by atomic mass is 19.4. The molecule has 4 nitrogen and oxygen atoms in total. The van der Waals surface area contributed by atoms with E-state index in [4.69, 9.17) is 4.74 Å². The van der Waals surface area contributed by atoms with Crippen molar-refractivity contribution >= 4 is 11.9 Å². The minimum absolute atomic E-state index is 0.0581. The Morgan fingerprint density at radius 1 is 0.840 bits per heavy atom. The molecule has 0 amide bonds. The maximum Gasteiger partial charge on any atom is 0.395 e. The first-order chi connectivity index (χ1) is 11.4. The number of alkyl halides is 6. The minimum atomic E-state index is -4.48. The molecule has 10 heteroatoms. The fraction of sp³-hybridized carbons (Fsp3) is 0.733. The van der Waals surface area contributed by atoms with Gasteiger partial charge in [-0.1, -0.05) is 0 Å². The van der Waals surface area contributed by atoms with Crippen molar-refractivity contribution in [1.82, 2.24) is 0 Å². The van der Waals surface area contributed by atoms with Crippen molar-refractivity contribution in [2.24, 2.45) is 11.8 Å². The average molecular weight is 374 g/mol. The Labute approximate surface area is 139 Å². The van der Waals surface area contributed by atoms with Crippen LogP contribution in [0.5, 0.6) is 0 Å². The summed E-state index contributed by atoms with van der Waals surface area (Å²) in [6, 6.07) is 0. The molecule has 142 valence electrons. The largest absolute Gasteiger partial charge is 0.459 e. The molecule has 0 aromatic rings. The zero-order valence-corrected chi connectivity index (χ0v) is 13.1. The molecule has 2 saturated carbocycles. The first-order valence-corrected chi connectivity index (χ1v) is 7.63. The maximum absolute atomic E-state index is 12.6. The van der Waals surface area contributed by atoms with Gasteiger partial charge in [0.15, 0.2) is 0 Å². The van der Waals surface area contributed by atoms with Crippen LogP contribution < -0.4 is 0 Å². The van der Waals surface area contributed by atoms with Crippen LogP contribution >= 0.6 is 0 Å². The lowest BCUT2D eigenvalue weighted by Gasteiger charge is -2.37. The minimum Gasteiger partial charge on any atom is -0.459 e. The second-order valence-electron chi connectivity index (χ2n) is 6.20. The molecule has 0 saturated heterocycles. The molecule has 0 radical (unpaired) electrons. The van der Waals surface area contributed by atoms with E-state index in [1.54, 1.807) is 0 Å². The molecule has 0 heterocycles. The summed E-state index contributed by atoms with van der Waals surface area (Å²) in [6.07, 6.45) is -11.1. The second-order valence-corrected chi connectivity index (χ2v) is 6.20. The summed E-state index contributed by atoms with van der Waals surface area (Å²) in [5.41, 5.74) is -0.333. The van der Waals surface area contributed by atoms with Gasteiger partial charge in [-0.3, -0.25) is 0 Å². The van der Waals surface area contributed by atoms with E-state index in [1.165, 1.54) is 0 Å². The fourth-order valence-corrected chi connectivity index (χ4v) is 2.62. The lowest BCUT2D eigenvalue weighted by molar-refractivity contribution is -0.235. The zero-order valence-electron chi connectivity index (χ0n) is 13.1. The highest BCUT2D eigenvalue weighted by Crippen LogP contribution is 2.44. The van der Waals surface area contributed by atoms with Crippen LogP contribution in [0.4, 0.5) is 26.3 Å². The molecule has 4 unspecified atom stereocenters. The average Bonchev–Trinajstić information content (AvgIpc) is 2.35. The fourth-order valence-electron chi connectivity index (χ4n) is 2.62. The van der Waals surface area contributed by atoms with E-state index in [0.717, 1.165) is 6.92 Å². The number of esters is 2. The normalized spacial score (nSPS) is 30.1. The van der Waals surface area contributed by atoms with Crippen LogP contribution in [0, 0.1) is 11.8 Å². The molecule has 25 heavy (non-hydrogen) atoms. The van der Waals surface area contributed by atoms with Crippen molar-refractivity contribution in [3.8, 4) is 0 Å². The lowest BCUT2D eigenvalue weighted by Crippen LogP contribution is -2.45. The van der Waals surface area contributed by atoms with Crippen LogP contribution in [0.2, 0.25) is 0 Å². The molecule has 0 aromatic heterocycles. The van der Waals surface area contributed by atoms with E-state index < -0.39 is 48.3 Å². The number of carbonyl (C=O) groups excluding carboxylic acids is 2. The van der Waals surface area contributed by atoms with Gasteiger partial charge in [-0.05, 0) is 32.6 Å². The number of halogens is 6. The summed E-state index contributed by atoms with van der Waals surface area (Å²) in [6.45, 7) is 1.12. The molecule has 0 N–H and O–H groups in total. The second kappa shape index (κ2) is 6.87. The van der Waals surface area contributed by atoms with Crippen LogP contribution in [-0.2, 0) is 19.1 Å². The van der Waals surface area contributed by atoms with Gasteiger partial charge in [-0.15, -0.1) is 0 Å². The van der Waals surface area contributed by atoms with Crippen molar-refractivity contribution in [3.05, 3.63) is 11.6 Å². The van der Waals surface area contributed by atoms with Gasteiger partial charge in [0.05, 0.1) is 11.8 Å². The Bertz CT molecular complexity index is 565. The Kier molecular flexibility index (Phi) is 5.38. The molecule has 2 aliphatic carbocycles. The topological polar surface area (TPSA) is 52.6 Å². The van der Waals surface area contributed by atoms with Gasteiger partial charge >= 0.3 is 24.3 Å². The molecular weight excluding hydrogens is 358 g/mol. The summed E-state index contributed by atoms with van der Waals surface area (Å²) >= 11 is 0. The van der Waals surface area contributed by atoms with Crippen molar-refractivity contribution in [2.45, 2.75) is 57.2 Å². The monoisotopic (exact) mass is 374 g/mol.